The summed E-state index contributed by atoms with van der Waals surface area (Å²) in [6, 6.07) is 0. The topological polar surface area (TPSA) is 62.2 Å². The quantitative estimate of drug-likeness (QED) is 0.744. The molecule has 2 N–H and O–H groups in total. The molecule has 0 aromatic carbocycles. The van der Waals surface area contributed by atoms with E-state index >= 15 is 0 Å². The maximum absolute atomic E-state index is 11.6. The van der Waals surface area contributed by atoms with Gasteiger partial charge in [0.25, 0.3) is 0 Å². The van der Waals surface area contributed by atoms with E-state index in [2.05, 4.69) is 10.3 Å². The van der Waals surface area contributed by atoms with E-state index in [1.807, 2.05) is 26.2 Å². The zero-order valence-corrected chi connectivity index (χ0v) is 12.1. The molecule has 0 saturated heterocycles. The molecule has 1 heterocycles. The van der Waals surface area contributed by atoms with Crippen LogP contribution in [0.4, 0.5) is 0 Å². The third-order valence-corrected chi connectivity index (χ3v) is 3.61. The number of aryl methyl sites for hydroxylation is 1. The molecule has 1 rings (SSSR count). The molecule has 0 bridgehead atoms. The Kier molecular flexibility index (Phi) is 5.75. The van der Waals surface area contributed by atoms with E-state index in [-0.39, 0.29) is 17.9 Å². The number of rotatable bonds is 7. The van der Waals surface area contributed by atoms with E-state index in [1.165, 1.54) is 0 Å². The molecule has 5 heteroatoms. The monoisotopic (exact) mass is 270 g/mol. The Hall–Kier alpha value is -0.940. The highest BCUT2D eigenvalue weighted by atomic mass is 32.1. The van der Waals surface area contributed by atoms with Gasteiger partial charge in [-0.1, -0.05) is 13.8 Å². The van der Waals surface area contributed by atoms with Crippen molar-refractivity contribution in [1.82, 2.24) is 10.3 Å². The molecule has 0 aliphatic heterocycles. The van der Waals surface area contributed by atoms with Crippen LogP contribution in [0, 0.1) is 12.3 Å². The maximum atomic E-state index is 11.6. The first-order valence-electron chi connectivity index (χ1n) is 6.21. The number of amides is 1. The molecule has 18 heavy (non-hydrogen) atoms. The van der Waals surface area contributed by atoms with Crippen molar-refractivity contribution < 1.29 is 9.90 Å². The summed E-state index contributed by atoms with van der Waals surface area (Å²) in [5, 5.41) is 14.9. The first-order chi connectivity index (χ1) is 8.43. The van der Waals surface area contributed by atoms with Gasteiger partial charge in [0.2, 0.25) is 5.91 Å². The van der Waals surface area contributed by atoms with Crippen molar-refractivity contribution in [3.63, 3.8) is 0 Å². The van der Waals surface area contributed by atoms with Gasteiger partial charge in [-0.2, -0.15) is 0 Å². The SMILES string of the molecule is Cc1nc(CC(=O)NCCCC(C)(C)CO)cs1. The van der Waals surface area contributed by atoms with Crippen LogP contribution in [-0.4, -0.2) is 29.1 Å². The number of aliphatic hydroxyl groups excluding tert-OH is 1. The summed E-state index contributed by atoms with van der Waals surface area (Å²) >= 11 is 1.56. The third-order valence-electron chi connectivity index (χ3n) is 2.79. The molecule has 0 saturated carbocycles. The average Bonchev–Trinajstić information content (AvgIpc) is 2.70. The molecule has 0 aliphatic carbocycles. The van der Waals surface area contributed by atoms with E-state index < -0.39 is 0 Å². The minimum atomic E-state index is -0.0588. The van der Waals surface area contributed by atoms with Gasteiger partial charge in [-0.05, 0) is 25.2 Å². The lowest BCUT2D eigenvalue weighted by Crippen LogP contribution is -2.27. The molecule has 0 spiro atoms. The second-order valence-corrected chi connectivity index (χ2v) is 6.37. The molecule has 102 valence electrons. The van der Waals surface area contributed by atoms with Crippen molar-refractivity contribution in [2.45, 2.75) is 40.0 Å². The minimum absolute atomic E-state index is 0.0158. The van der Waals surface area contributed by atoms with Crippen LogP contribution >= 0.6 is 11.3 Å². The van der Waals surface area contributed by atoms with Crippen LogP contribution in [-0.2, 0) is 11.2 Å². The van der Waals surface area contributed by atoms with Gasteiger partial charge in [-0.25, -0.2) is 4.98 Å². The summed E-state index contributed by atoms with van der Waals surface area (Å²) in [5.74, 6) is 0.0158. The standard InChI is InChI=1S/C13H22N2O2S/c1-10-15-11(8-18-10)7-12(17)14-6-4-5-13(2,3)9-16/h8,16H,4-7,9H2,1-3H3,(H,14,17). The van der Waals surface area contributed by atoms with Crippen LogP contribution < -0.4 is 5.32 Å². The predicted molar refractivity (Wildman–Crippen MR) is 73.7 cm³/mol. The first-order valence-corrected chi connectivity index (χ1v) is 7.09. The van der Waals surface area contributed by atoms with Gasteiger partial charge in [-0.3, -0.25) is 4.79 Å². The van der Waals surface area contributed by atoms with Crippen LogP contribution in [0.15, 0.2) is 5.38 Å². The lowest BCUT2D eigenvalue weighted by molar-refractivity contribution is -0.120. The molecule has 1 amide bonds. The van der Waals surface area contributed by atoms with Gasteiger partial charge in [0.1, 0.15) is 0 Å². The predicted octanol–water partition coefficient (Wildman–Crippen LogP) is 1.91. The van der Waals surface area contributed by atoms with Gasteiger partial charge < -0.3 is 10.4 Å². The molecule has 4 nitrogen and oxygen atoms in total. The molecule has 0 radical (unpaired) electrons. The number of aliphatic hydroxyl groups is 1. The number of aromatic nitrogens is 1. The molecule has 1 aromatic rings. The summed E-state index contributed by atoms with van der Waals surface area (Å²) in [4.78, 5) is 15.9. The van der Waals surface area contributed by atoms with Crippen molar-refractivity contribution in [1.29, 1.82) is 0 Å². The Labute approximate surface area is 112 Å². The number of hydrogen-bond donors (Lipinski definition) is 2. The first kappa shape index (κ1) is 15.1. The fourth-order valence-electron chi connectivity index (χ4n) is 1.59. The zero-order chi connectivity index (χ0) is 13.6. The highest BCUT2D eigenvalue weighted by Crippen LogP contribution is 2.20. The molecule has 0 atom stereocenters. The van der Waals surface area contributed by atoms with Crippen molar-refractivity contribution in [3.8, 4) is 0 Å². The Balaban J connectivity index is 2.18. The van der Waals surface area contributed by atoms with Gasteiger partial charge in [0.05, 0.1) is 17.1 Å². The highest BCUT2D eigenvalue weighted by molar-refractivity contribution is 7.09. The molecule has 0 aliphatic rings. The van der Waals surface area contributed by atoms with Crippen LogP contribution in [0.2, 0.25) is 0 Å². The number of carbonyl (C=O) groups is 1. The van der Waals surface area contributed by atoms with Crippen LogP contribution in [0.3, 0.4) is 0 Å². The van der Waals surface area contributed by atoms with Crippen molar-refractivity contribution >= 4 is 17.2 Å². The summed E-state index contributed by atoms with van der Waals surface area (Å²) in [6.45, 7) is 6.81. The van der Waals surface area contributed by atoms with Crippen LogP contribution in [0.1, 0.15) is 37.4 Å². The minimum Gasteiger partial charge on any atom is -0.396 e. The van der Waals surface area contributed by atoms with E-state index in [9.17, 15) is 4.79 Å². The molecular weight excluding hydrogens is 248 g/mol. The number of thiazole rings is 1. The molecule has 0 fully saturated rings. The van der Waals surface area contributed by atoms with E-state index in [1.54, 1.807) is 11.3 Å². The smallest absolute Gasteiger partial charge is 0.226 e. The fraction of sp³-hybridized carbons (Fsp3) is 0.692. The van der Waals surface area contributed by atoms with Gasteiger partial charge in [0, 0.05) is 18.5 Å². The Morgan fingerprint density at radius 2 is 2.28 bits per heavy atom. The zero-order valence-electron chi connectivity index (χ0n) is 11.3. The summed E-state index contributed by atoms with van der Waals surface area (Å²) < 4.78 is 0. The van der Waals surface area contributed by atoms with Gasteiger partial charge in [0.15, 0.2) is 0 Å². The Bertz CT molecular complexity index is 388. The lowest BCUT2D eigenvalue weighted by Gasteiger charge is -2.21. The maximum Gasteiger partial charge on any atom is 0.226 e. The van der Waals surface area contributed by atoms with Gasteiger partial charge in [-0.15, -0.1) is 11.3 Å². The van der Waals surface area contributed by atoms with E-state index in [4.69, 9.17) is 5.11 Å². The largest absolute Gasteiger partial charge is 0.396 e. The molecular formula is C13H22N2O2S. The number of carbonyl (C=O) groups excluding carboxylic acids is 1. The van der Waals surface area contributed by atoms with Crippen molar-refractivity contribution in [2.24, 2.45) is 5.41 Å². The van der Waals surface area contributed by atoms with Gasteiger partial charge >= 0.3 is 0 Å². The third kappa shape index (κ3) is 5.60. The Morgan fingerprint density at radius 1 is 1.56 bits per heavy atom. The lowest BCUT2D eigenvalue weighted by atomic mass is 9.89. The van der Waals surface area contributed by atoms with E-state index in [0.29, 0.717) is 13.0 Å². The number of hydrogen-bond acceptors (Lipinski definition) is 4. The van der Waals surface area contributed by atoms with E-state index in [0.717, 1.165) is 23.5 Å². The number of nitrogens with zero attached hydrogens (tertiary/aromatic N) is 1. The molecule has 0 unspecified atom stereocenters. The normalized spacial score (nSPS) is 11.6. The second-order valence-electron chi connectivity index (χ2n) is 5.31. The average molecular weight is 270 g/mol. The second kappa shape index (κ2) is 6.85. The van der Waals surface area contributed by atoms with Crippen LogP contribution in [0.25, 0.3) is 0 Å². The summed E-state index contributed by atoms with van der Waals surface area (Å²) in [5.41, 5.74) is 0.780. The summed E-state index contributed by atoms with van der Waals surface area (Å²) in [6.07, 6.45) is 2.14. The van der Waals surface area contributed by atoms with Crippen molar-refractivity contribution in [3.05, 3.63) is 16.1 Å². The summed E-state index contributed by atoms with van der Waals surface area (Å²) in [7, 11) is 0. The number of nitrogens with one attached hydrogen (secondary N) is 1. The molecule has 1 aromatic heterocycles. The Morgan fingerprint density at radius 3 is 2.83 bits per heavy atom. The van der Waals surface area contributed by atoms with Crippen molar-refractivity contribution in [2.75, 3.05) is 13.2 Å². The highest BCUT2D eigenvalue weighted by Gasteiger charge is 2.15. The van der Waals surface area contributed by atoms with Crippen LogP contribution in [0.5, 0.6) is 0 Å². The fourth-order valence-corrected chi connectivity index (χ4v) is 2.20.